The van der Waals surface area contributed by atoms with Crippen LogP contribution in [-0.4, -0.2) is 28.8 Å². The van der Waals surface area contributed by atoms with E-state index in [1.165, 1.54) is 30.3 Å². The summed E-state index contributed by atoms with van der Waals surface area (Å²) >= 11 is 0. The lowest BCUT2D eigenvalue weighted by molar-refractivity contribution is -0.384. The van der Waals surface area contributed by atoms with Crippen LogP contribution in [0.1, 0.15) is 21.7 Å². The third kappa shape index (κ3) is 4.21. The topological polar surface area (TPSA) is 124 Å². The lowest BCUT2D eigenvalue weighted by atomic mass is 10.1. The number of nitrogens with zero attached hydrogens (tertiary/aromatic N) is 3. The molecular weight excluding hydrogens is 432 g/mol. The van der Waals surface area contributed by atoms with E-state index in [4.69, 9.17) is 0 Å². The second kappa shape index (κ2) is 8.23. The van der Waals surface area contributed by atoms with Crippen LogP contribution < -0.4 is 4.72 Å². The fourth-order valence-electron chi connectivity index (χ4n) is 3.33. The Hall–Kier alpha value is -4.05. The van der Waals surface area contributed by atoms with Crippen molar-refractivity contribution in [1.82, 2.24) is 14.3 Å². The second-order valence-electron chi connectivity index (χ2n) is 7.12. The Morgan fingerprint density at radius 2 is 1.75 bits per heavy atom. The number of carbonyl (C=O) groups is 1. The van der Waals surface area contributed by atoms with Gasteiger partial charge in [-0.3, -0.25) is 14.9 Å². The van der Waals surface area contributed by atoms with Crippen LogP contribution in [0.25, 0.3) is 11.0 Å². The maximum absolute atomic E-state index is 12.7. The molecule has 0 aliphatic heterocycles. The number of rotatable bonds is 6. The first-order valence-electron chi connectivity index (χ1n) is 9.57. The molecule has 3 aromatic carbocycles. The summed E-state index contributed by atoms with van der Waals surface area (Å²) in [5.74, 6) is -0.0655. The third-order valence-electron chi connectivity index (χ3n) is 4.97. The van der Waals surface area contributed by atoms with Gasteiger partial charge < -0.3 is 4.57 Å². The molecule has 0 saturated carbocycles. The predicted molar refractivity (Wildman–Crippen MR) is 118 cm³/mol. The highest BCUT2D eigenvalue weighted by molar-refractivity contribution is 7.90. The van der Waals surface area contributed by atoms with Gasteiger partial charge in [0.15, 0.2) is 0 Å². The van der Waals surface area contributed by atoms with Gasteiger partial charge in [-0.2, -0.15) is 0 Å². The zero-order valence-electron chi connectivity index (χ0n) is 16.9. The van der Waals surface area contributed by atoms with E-state index in [9.17, 15) is 23.3 Å². The highest BCUT2D eigenvalue weighted by Crippen LogP contribution is 2.21. The standard InChI is InChI=1S/C22H18N4O5S/c1-15-23-20-12-9-17(22(27)24-32(30,31)19-5-3-2-4-6-19)13-21(20)25(15)14-16-7-10-18(11-8-16)26(28)29/h2-13H,14H2,1H3,(H,24,27). The average Bonchev–Trinajstić information content (AvgIpc) is 3.08. The van der Waals surface area contributed by atoms with Crippen LogP contribution >= 0.6 is 0 Å². The highest BCUT2D eigenvalue weighted by Gasteiger charge is 2.19. The van der Waals surface area contributed by atoms with Gasteiger partial charge >= 0.3 is 0 Å². The summed E-state index contributed by atoms with van der Waals surface area (Å²) in [6, 6.07) is 18.6. The molecule has 32 heavy (non-hydrogen) atoms. The lowest BCUT2D eigenvalue weighted by Gasteiger charge is -2.09. The number of nitrogens with one attached hydrogen (secondary N) is 1. The number of aryl methyl sites for hydroxylation is 1. The van der Waals surface area contributed by atoms with Gasteiger partial charge in [0.25, 0.3) is 21.6 Å². The molecule has 4 aromatic rings. The maximum atomic E-state index is 12.7. The van der Waals surface area contributed by atoms with Gasteiger partial charge in [0.2, 0.25) is 0 Å². The van der Waals surface area contributed by atoms with Crippen LogP contribution in [0, 0.1) is 17.0 Å². The quantitative estimate of drug-likeness (QED) is 0.355. The van der Waals surface area contributed by atoms with Crippen LogP contribution in [0.5, 0.6) is 0 Å². The van der Waals surface area contributed by atoms with Crippen LogP contribution in [0.3, 0.4) is 0 Å². The minimum absolute atomic E-state index is 0.000422. The Labute approximate surface area is 183 Å². The van der Waals surface area contributed by atoms with E-state index in [-0.39, 0.29) is 16.1 Å². The number of benzene rings is 3. The van der Waals surface area contributed by atoms with Crippen LogP contribution in [-0.2, 0) is 16.6 Å². The number of non-ortho nitro benzene ring substituents is 1. The minimum Gasteiger partial charge on any atom is -0.324 e. The van der Waals surface area contributed by atoms with Crippen molar-refractivity contribution in [1.29, 1.82) is 0 Å². The molecule has 4 rings (SSSR count). The molecular formula is C22H18N4O5S. The molecule has 0 bridgehead atoms. The number of sulfonamides is 1. The van der Waals surface area contributed by atoms with E-state index in [1.54, 1.807) is 42.5 Å². The van der Waals surface area contributed by atoms with E-state index in [2.05, 4.69) is 9.71 Å². The Bertz CT molecular complexity index is 1430. The molecule has 0 aliphatic carbocycles. The molecule has 1 N–H and O–H groups in total. The molecule has 10 heteroatoms. The molecule has 9 nitrogen and oxygen atoms in total. The number of hydrogen-bond acceptors (Lipinski definition) is 6. The van der Waals surface area contributed by atoms with Gasteiger partial charge in [0.05, 0.1) is 20.9 Å². The summed E-state index contributed by atoms with van der Waals surface area (Å²) in [5.41, 5.74) is 2.28. The number of aromatic nitrogens is 2. The summed E-state index contributed by atoms with van der Waals surface area (Å²) < 4.78 is 28.9. The average molecular weight is 450 g/mol. The zero-order chi connectivity index (χ0) is 22.9. The maximum Gasteiger partial charge on any atom is 0.269 e. The van der Waals surface area contributed by atoms with E-state index in [0.29, 0.717) is 23.4 Å². The fraction of sp³-hybridized carbons (Fsp3) is 0.0909. The van der Waals surface area contributed by atoms with Gasteiger partial charge in [-0.05, 0) is 42.8 Å². The molecule has 0 saturated heterocycles. The first kappa shape index (κ1) is 21.2. The molecule has 1 aromatic heterocycles. The zero-order valence-corrected chi connectivity index (χ0v) is 17.7. The lowest BCUT2D eigenvalue weighted by Crippen LogP contribution is -2.30. The molecule has 0 spiro atoms. The summed E-state index contributed by atoms with van der Waals surface area (Å²) in [6.45, 7) is 2.19. The summed E-state index contributed by atoms with van der Waals surface area (Å²) in [5, 5.41) is 10.9. The van der Waals surface area contributed by atoms with Crippen LogP contribution in [0.4, 0.5) is 5.69 Å². The molecule has 0 atom stereocenters. The number of nitro groups is 1. The third-order valence-corrected chi connectivity index (χ3v) is 6.32. The predicted octanol–water partition coefficient (Wildman–Crippen LogP) is 3.42. The van der Waals surface area contributed by atoms with E-state index in [0.717, 1.165) is 5.56 Å². The van der Waals surface area contributed by atoms with Gasteiger partial charge in [-0.15, -0.1) is 0 Å². The Balaban J connectivity index is 1.63. The van der Waals surface area contributed by atoms with Gasteiger partial charge in [0.1, 0.15) is 5.82 Å². The number of fused-ring (bicyclic) bond motifs is 1. The van der Waals surface area contributed by atoms with Crippen molar-refractivity contribution in [3.8, 4) is 0 Å². The number of carbonyl (C=O) groups excluding carboxylic acids is 1. The van der Waals surface area contributed by atoms with Gasteiger partial charge in [-0.1, -0.05) is 30.3 Å². The SMILES string of the molecule is Cc1nc2ccc(C(=O)NS(=O)(=O)c3ccccc3)cc2n1Cc1ccc([N+](=O)[O-])cc1. The number of nitro benzene ring substituents is 1. The van der Waals surface area contributed by atoms with E-state index in [1.807, 2.05) is 11.5 Å². The Morgan fingerprint density at radius 1 is 1.06 bits per heavy atom. The van der Waals surface area contributed by atoms with Crippen molar-refractivity contribution in [2.75, 3.05) is 0 Å². The highest BCUT2D eigenvalue weighted by atomic mass is 32.2. The monoisotopic (exact) mass is 450 g/mol. The van der Waals surface area contributed by atoms with Crippen molar-refractivity contribution in [3.05, 3.63) is 99.9 Å². The number of amides is 1. The van der Waals surface area contributed by atoms with E-state index < -0.39 is 20.9 Å². The smallest absolute Gasteiger partial charge is 0.269 e. The minimum atomic E-state index is -4.00. The first-order valence-corrected chi connectivity index (χ1v) is 11.1. The van der Waals surface area contributed by atoms with Crippen LogP contribution in [0.15, 0.2) is 77.7 Å². The summed E-state index contributed by atoms with van der Waals surface area (Å²) in [6.07, 6.45) is 0. The molecule has 0 aliphatic rings. The molecule has 0 unspecified atom stereocenters. The van der Waals surface area contributed by atoms with Gasteiger partial charge in [0, 0.05) is 24.2 Å². The number of hydrogen-bond donors (Lipinski definition) is 1. The van der Waals surface area contributed by atoms with Crippen molar-refractivity contribution in [2.24, 2.45) is 0 Å². The molecule has 1 amide bonds. The van der Waals surface area contributed by atoms with Crippen molar-refractivity contribution < 1.29 is 18.1 Å². The molecule has 0 radical (unpaired) electrons. The fourth-order valence-corrected chi connectivity index (χ4v) is 4.32. The first-order chi connectivity index (χ1) is 15.2. The normalized spacial score (nSPS) is 11.4. The second-order valence-corrected chi connectivity index (χ2v) is 8.80. The molecule has 0 fully saturated rings. The van der Waals surface area contributed by atoms with Crippen molar-refractivity contribution in [3.63, 3.8) is 0 Å². The molecule has 1 heterocycles. The van der Waals surface area contributed by atoms with Gasteiger partial charge in [-0.25, -0.2) is 18.1 Å². The van der Waals surface area contributed by atoms with Crippen molar-refractivity contribution >= 4 is 32.7 Å². The van der Waals surface area contributed by atoms with Crippen LogP contribution in [0.2, 0.25) is 0 Å². The Morgan fingerprint density at radius 3 is 2.41 bits per heavy atom. The van der Waals surface area contributed by atoms with Crippen molar-refractivity contribution in [2.45, 2.75) is 18.4 Å². The Kier molecular flexibility index (Phi) is 5.45. The molecule has 162 valence electrons. The largest absolute Gasteiger partial charge is 0.324 e. The number of imidazole rings is 1. The van der Waals surface area contributed by atoms with E-state index >= 15 is 0 Å². The summed E-state index contributed by atoms with van der Waals surface area (Å²) in [7, 11) is -4.00. The summed E-state index contributed by atoms with van der Waals surface area (Å²) in [4.78, 5) is 27.5.